The number of hydrogen-bond acceptors (Lipinski definition) is 5. The van der Waals surface area contributed by atoms with Crippen molar-refractivity contribution in [3.05, 3.63) is 70.8 Å². The summed E-state index contributed by atoms with van der Waals surface area (Å²) in [4.78, 5) is 8.94. The monoisotopic (exact) mass is 384 g/mol. The van der Waals surface area contributed by atoms with Crippen molar-refractivity contribution in [1.29, 1.82) is 0 Å². The molecule has 0 aliphatic carbocycles. The van der Waals surface area contributed by atoms with Crippen LogP contribution < -0.4 is 16.8 Å². The van der Waals surface area contributed by atoms with Crippen LogP contribution in [0.15, 0.2) is 53.5 Å². The summed E-state index contributed by atoms with van der Waals surface area (Å²) in [5.74, 6) is -0.106. The number of aryl methyl sites for hydroxylation is 1. The SMILES string of the molecule is CCc1nc2ccc(F)cc2n1C1=CC(N)=NC(N)(c2cccc(Cl)c2)N1. The smallest absolute Gasteiger partial charge is 0.212 e. The van der Waals surface area contributed by atoms with E-state index < -0.39 is 5.79 Å². The molecule has 27 heavy (non-hydrogen) atoms. The summed E-state index contributed by atoms with van der Waals surface area (Å²) >= 11 is 6.11. The molecule has 4 rings (SSSR count). The fourth-order valence-electron chi connectivity index (χ4n) is 3.22. The molecule has 0 bridgehead atoms. The maximum atomic E-state index is 13.9. The highest BCUT2D eigenvalue weighted by atomic mass is 35.5. The van der Waals surface area contributed by atoms with Gasteiger partial charge in [0.1, 0.15) is 23.3 Å². The fourth-order valence-corrected chi connectivity index (χ4v) is 3.41. The van der Waals surface area contributed by atoms with E-state index in [0.717, 1.165) is 5.82 Å². The highest BCUT2D eigenvalue weighted by Gasteiger charge is 2.32. The Morgan fingerprint density at radius 3 is 2.81 bits per heavy atom. The van der Waals surface area contributed by atoms with Crippen LogP contribution in [-0.2, 0) is 12.2 Å². The lowest BCUT2D eigenvalue weighted by Crippen LogP contribution is -2.52. The van der Waals surface area contributed by atoms with Crippen molar-refractivity contribution < 1.29 is 4.39 Å². The normalized spacial score (nSPS) is 19.6. The first-order valence-electron chi connectivity index (χ1n) is 8.47. The number of fused-ring (bicyclic) bond motifs is 1. The first kappa shape index (κ1) is 17.5. The van der Waals surface area contributed by atoms with Crippen molar-refractivity contribution >= 4 is 34.3 Å². The number of halogens is 2. The van der Waals surface area contributed by atoms with Crippen LogP contribution >= 0.6 is 11.6 Å². The molecule has 5 N–H and O–H groups in total. The van der Waals surface area contributed by atoms with Gasteiger partial charge in [0.15, 0.2) is 0 Å². The van der Waals surface area contributed by atoms with E-state index in [2.05, 4.69) is 15.3 Å². The molecule has 0 fully saturated rings. The van der Waals surface area contributed by atoms with Crippen LogP contribution in [0.25, 0.3) is 16.9 Å². The van der Waals surface area contributed by atoms with Crippen LogP contribution in [0.5, 0.6) is 0 Å². The third kappa shape index (κ3) is 3.05. The third-order valence-corrected chi connectivity index (χ3v) is 4.65. The minimum atomic E-state index is -1.31. The predicted molar refractivity (Wildman–Crippen MR) is 105 cm³/mol. The largest absolute Gasteiger partial charge is 0.384 e. The second-order valence-electron chi connectivity index (χ2n) is 6.32. The van der Waals surface area contributed by atoms with Gasteiger partial charge in [-0.05, 0) is 24.3 Å². The zero-order chi connectivity index (χ0) is 19.2. The van der Waals surface area contributed by atoms with E-state index in [9.17, 15) is 4.39 Å². The van der Waals surface area contributed by atoms with Gasteiger partial charge in [-0.1, -0.05) is 30.7 Å². The molecule has 138 valence electrons. The Bertz CT molecular complexity index is 1100. The van der Waals surface area contributed by atoms with Crippen LogP contribution in [0, 0.1) is 5.82 Å². The number of nitrogens with one attached hydrogen (secondary N) is 1. The molecule has 6 nitrogen and oxygen atoms in total. The molecule has 2 heterocycles. The van der Waals surface area contributed by atoms with E-state index in [1.807, 2.05) is 17.6 Å². The number of nitrogens with two attached hydrogens (primary N) is 2. The van der Waals surface area contributed by atoms with Gasteiger partial charge in [-0.25, -0.2) is 14.4 Å². The average Bonchev–Trinajstić information content (AvgIpc) is 2.98. The average molecular weight is 385 g/mol. The van der Waals surface area contributed by atoms with Gasteiger partial charge in [-0.3, -0.25) is 10.3 Å². The second-order valence-corrected chi connectivity index (χ2v) is 6.75. The highest BCUT2D eigenvalue weighted by molar-refractivity contribution is 6.30. The second kappa shape index (κ2) is 6.37. The summed E-state index contributed by atoms with van der Waals surface area (Å²) < 4.78 is 15.7. The molecule has 1 atom stereocenters. The lowest BCUT2D eigenvalue weighted by Gasteiger charge is -2.33. The maximum Gasteiger partial charge on any atom is 0.212 e. The van der Waals surface area contributed by atoms with Gasteiger partial charge in [0.2, 0.25) is 5.79 Å². The van der Waals surface area contributed by atoms with Gasteiger partial charge < -0.3 is 11.1 Å². The first-order valence-corrected chi connectivity index (χ1v) is 8.85. The molecule has 0 saturated heterocycles. The summed E-state index contributed by atoms with van der Waals surface area (Å²) in [6, 6.07) is 11.5. The van der Waals surface area contributed by atoms with Crippen LogP contribution in [-0.4, -0.2) is 15.4 Å². The minimum Gasteiger partial charge on any atom is -0.384 e. The predicted octanol–water partition coefficient (Wildman–Crippen LogP) is 2.92. The number of aliphatic imine (C=N–C) groups is 1. The van der Waals surface area contributed by atoms with Gasteiger partial charge in [0.05, 0.1) is 11.0 Å². The van der Waals surface area contributed by atoms with E-state index in [0.29, 0.717) is 33.9 Å². The Morgan fingerprint density at radius 2 is 2.07 bits per heavy atom. The van der Waals surface area contributed by atoms with Gasteiger partial charge in [-0.15, -0.1) is 0 Å². The lowest BCUT2D eigenvalue weighted by atomic mass is 10.1. The number of amidine groups is 1. The van der Waals surface area contributed by atoms with Crippen molar-refractivity contribution in [1.82, 2.24) is 14.9 Å². The number of nitrogens with zero attached hydrogens (tertiary/aromatic N) is 3. The Kier molecular flexibility index (Phi) is 4.13. The lowest BCUT2D eigenvalue weighted by molar-refractivity contribution is 0.410. The molecular weight excluding hydrogens is 367 g/mol. The summed E-state index contributed by atoms with van der Waals surface area (Å²) in [7, 11) is 0. The molecule has 3 aromatic rings. The highest BCUT2D eigenvalue weighted by Crippen LogP contribution is 2.28. The van der Waals surface area contributed by atoms with E-state index >= 15 is 0 Å². The van der Waals surface area contributed by atoms with Gasteiger partial charge >= 0.3 is 0 Å². The molecule has 0 amide bonds. The van der Waals surface area contributed by atoms with Crippen LogP contribution in [0.2, 0.25) is 5.02 Å². The van der Waals surface area contributed by atoms with E-state index in [1.54, 1.807) is 30.3 Å². The Balaban J connectivity index is 1.87. The zero-order valence-corrected chi connectivity index (χ0v) is 15.3. The zero-order valence-electron chi connectivity index (χ0n) is 14.6. The van der Waals surface area contributed by atoms with Crippen LogP contribution in [0.4, 0.5) is 4.39 Å². The number of benzene rings is 2. The van der Waals surface area contributed by atoms with Crippen molar-refractivity contribution in [2.45, 2.75) is 19.1 Å². The summed E-state index contributed by atoms with van der Waals surface area (Å²) in [6.45, 7) is 1.97. The Morgan fingerprint density at radius 1 is 1.26 bits per heavy atom. The molecule has 1 aliphatic heterocycles. The molecule has 0 radical (unpaired) electrons. The number of aromatic nitrogens is 2. The van der Waals surface area contributed by atoms with E-state index in [4.69, 9.17) is 23.1 Å². The number of rotatable bonds is 3. The molecule has 1 unspecified atom stereocenters. The van der Waals surface area contributed by atoms with Crippen molar-refractivity contribution in [2.24, 2.45) is 16.5 Å². The fraction of sp³-hybridized carbons (Fsp3) is 0.158. The van der Waals surface area contributed by atoms with Crippen LogP contribution in [0.1, 0.15) is 18.3 Å². The quantitative estimate of drug-likeness (QED) is 0.647. The van der Waals surface area contributed by atoms with E-state index in [1.165, 1.54) is 12.1 Å². The topological polar surface area (TPSA) is 94.2 Å². The number of hydrogen-bond donors (Lipinski definition) is 3. The first-order chi connectivity index (χ1) is 12.9. The van der Waals surface area contributed by atoms with Crippen molar-refractivity contribution in [2.75, 3.05) is 0 Å². The molecule has 8 heteroatoms. The summed E-state index contributed by atoms with van der Waals surface area (Å²) in [5.41, 5.74) is 14.5. The Hall–Kier alpha value is -2.90. The van der Waals surface area contributed by atoms with Gasteiger partial charge in [0.25, 0.3) is 0 Å². The molecule has 1 aliphatic rings. The Labute approximate surface area is 160 Å². The molecule has 0 spiro atoms. The molecule has 0 saturated carbocycles. The molecule has 2 aromatic carbocycles. The standard InChI is InChI=1S/C19H18ClFN6/c1-2-17-24-14-7-6-13(21)9-15(14)27(17)18-10-16(22)25-19(23,26-18)11-4-3-5-12(20)8-11/h3-10,26H,2,23H2,1H3,(H2,22,25). The van der Waals surface area contributed by atoms with Crippen LogP contribution in [0.3, 0.4) is 0 Å². The molecule has 1 aromatic heterocycles. The number of imidazole rings is 1. The van der Waals surface area contributed by atoms with Crippen molar-refractivity contribution in [3.8, 4) is 0 Å². The van der Waals surface area contributed by atoms with Gasteiger partial charge in [-0.2, -0.15) is 0 Å². The van der Waals surface area contributed by atoms with Gasteiger partial charge in [0, 0.05) is 29.1 Å². The minimum absolute atomic E-state index is 0.242. The third-order valence-electron chi connectivity index (χ3n) is 4.42. The van der Waals surface area contributed by atoms with E-state index in [-0.39, 0.29) is 11.7 Å². The summed E-state index contributed by atoms with van der Waals surface area (Å²) in [6.07, 6.45) is 2.29. The van der Waals surface area contributed by atoms with Crippen molar-refractivity contribution in [3.63, 3.8) is 0 Å². The maximum absolute atomic E-state index is 13.9. The summed E-state index contributed by atoms with van der Waals surface area (Å²) in [5, 5.41) is 3.74. The molecular formula is C19H18ClFN6.